The van der Waals surface area contributed by atoms with Crippen LogP contribution in [0.3, 0.4) is 0 Å². The third kappa shape index (κ3) is 3.15. The van der Waals surface area contributed by atoms with Crippen LogP contribution in [0.4, 0.5) is 0 Å². The first-order valence-corrected chi connectivity index (χ1v) is 4.02. The van der Waals surface area contributed by atoms with Gasteiger partial charge in [0, 0.05) is 1.43 Å². The molecule has 0 fully saturated rings. The SMILES string of the molecule is O=C=NCc1ccc(CN=C=O)cc1.[HH]. The average molecular weight is 190 g/mol. The van der Waals surface area contributed by atoms with Crippen molar-refractivity contribution in [2.45, 2.75) is 13.1 Å². The molecule has 0 amide bonds. The van der Waals surface area contributed by atoms with Gasteiger partial charge in [-0.25, -0.2) is 19.6 Å². The molecule has 0 unspecified atom stereocenters. The molecular formula is C10H10N2O2. The van der Waals surface area contributed by atoms with Gasteiger partial charge in [-0.15, -0.1) is 0 Å². The average Bonchev–Trinajstić information content (AvgIpc) is 2.25. The second-order valence-corrected chi connectivity index (χ2v) is 2.63. The number of carbonyl (C=O) groups excluding carboxylic acids is 2. The standard InChI is InChI=1S/C10H8N2O2.H2/c13-7-11-5-9-1-2-10(4-3-9)6-12-8-14;/h1-4H,5-6H2;1H. The van der Waals surface area contributed by atoms with E-state index >= 15 is 0 Å². The van der Waals surface area contributed by atoms with Gasteiger partial charge in [0.05, 0.1) is 13.1 Å². The van der Waals surface area contributed by atoms with Crippen molar-refractivity contribution in [3.63, 3.8) is 0 Å². The Kier molecular flexibility index (Phi) is 4.02. The van der Waals surface area contributed by atoms with Crippen molar-refractivity contribution in [1.29, 1.82) is 0 Å². The molecule has 0 heterocycles. The van der Waals surface area contributed by atoms with Crippen LogP contribution in [0.25, 0.3) is 0 Å². The summed E-state index contributed by atoms with van der Waals surface area (Å²) >= 11 is 0. The monoisotopic (exact) mass is 190 g/mol. The Bertz CT molecular complexity index is 351. The topological polar surface area (TPSA) is 58.9 Å². The van der Waals surface area contributed by atoms with Gasteiger partial charge in [0.2, 0.25) is 12.2 Å². The third-order valence-electron chi connectivity index (χ3n) is 1.68. The molecule has 4 heteroatoms. The maximum absolute atomic E-state index is 9.84. The van der Waals surface area contributed by atoms with Gasteiger partial charge < -0.3 is 0 Å². The van der Waals surface area contributed by atoms with Crippen molar-refractivity contribution in [2.24, 2.45) is 9.98 Å². The fraction of sp³-hybridized carbons (Fsp3) is 0.200. The Labute approximate surface area is 82.5 Å². The van der Waals surface area contributed by atoms with Crippen molar-refractivity contribution in [3.8, 4) is 0 Å². The molecule has 4 nitrogen and oxygen atoms in total. The van der Waals surface area contributed by atoms with E-state index in [-0.39, 0.29) is 1.43 Å². The molecule has 0 atom stereocenters. The lowest BCUT2D eigenvalue weighted by Crippen LogP contribution is -1.84. The van der Waals surface area contributed by atoms with Crippen molar-refractivity contribution in [3.05, 3.63) is 35.4 Å². The van der Waals surface area contributed by atoms with Gasteiger partial charge in [-0.3, -0.25) is 0 Å². The lowest BCUT2D eigenvalue weighted by molar-refractivity contribution is 0.562. The number of benzene rings is 1. The number of isocyanates is 2. The van der Waals surface area contributed by atoms with Crippen LogP contribution in [-0.2, 0) is 22.7 Å². The van der Waals surface area contributed by atoms with Crippen molar-refractivity contribution in [1.82, 2.24) is 0 Å². The number of rotatable bonds is 4. The Morgan fingerprint density at radius 1 is 0.929 bits per heavy atom. The first-order valence-electron chi connectivity index (χ1n) is 4.02. The zero-order valence-electron chi connectivity index (χ0n) is 7.43. The molecule has 0 aliphatic carbocycles. The minimum absolute atomic E-state index is 0. The van der Waals surface area contributed by atoms with E-state index in [1.165, 1.54) is 12.2 Å². The first-order chi connectivity index (χ1) is 6.86. The number of hydrogen-bond acceptors (Lipinski definition) is 4. The molecule has 0 aliphatic rings. The Balaban J connectivity index is 0.00000196. The minimum Gasteiger partial charge on any atom is -0.211 e. The zero-order chi connectivity index (χ0) is 10.2. The van der Waals surface area contributed by atoms with E-state index in [2.05, 4.69) is 9.98 Å². The maximum Gasteiger partial charge on any atom is 0.235 e. The minimum atomic E-state index is 0. The molecule has 0 aromatic heterocycles. The van der Waals surface area contributed by atoms with E-state index in [1.54, 1.807) is 0 Å². The van der Waals surface area contributed by atoms with Crippen LogP contribution >= 0.6 is 0 Å². The molecule has 0 N–H and O–H groups in total. The van der Waals surface area contributed by atoms with Crippen LogP contribution in [0.15, 0.2) is 34.3 Å². The number of hydrogen-bond donors (Lipinski definition) is 0. The molecule has 0 aliphatic heterocycles. The van der Waals surface area contributed by atoms with E-state index in [1.807, 2.05) is 24.3 Å². The van der Waals surface area contributed by atoms with Gasteiger partial charge >= 0.3 is 0 Å². The lowest BCUT2D eigenvalue weighted by atomic mass is 10.1. The Hall–Kier alpha value is -2.02. The van der Waals surface area contributed by atoms with Crippen molar-refractivity contribution in [2.75, 3.05) is 0 Å². The summed E-state index contributed by atoms with van der Waals surface area (Å²) in [6.07, 6.45) is 2.94. The fourth-order valence-electron chi connectivity index (χ4n) is 0.997. The predicted molar refractivity (Wildman–Crippen MR) is 52.2 cm³/mol. The summed E-state index contributed by atoms with van der Waals surface area (Å²) in [6.45, 7) is 0.668. The summed E-state index contributed by atoms with van der Waals surface area (Å²) < 4.78 is 0. The van der Waals surface area contributed by atoms with Crippen LogP contribution in [0.5, 0.6) is 0 Å². The van der Waals surface area contributed by atoms with Crippen LogP contribution in [-0.4, -0.2) is 12.2 Å². The summed E-state index contributed by atoms with van der Waals surface area (Å²) in [6, 6.07) is 7.32. The van der Waals surface area contributed by atoms with E-state index < -0.39 is 0 Å². The quantitative estimate of drug-likeness (QED) is 0.534. The molecule has 0 radical (unpaired) electrons. The van der Waals surface area contributed by atoms with E-state index in [9.17, 15) is 9.59 Å². The molecule has 0 bridgehead atoms. The molecule has 0 saturated heterocycles. The summed E-state index contributed by atoms with van der Waals surface area (Å²) in [5.41, 5.74) is 1.85. The smallest absolute Gasteiger partial charge is 0.211 e. The molecule has 1 rings (SSSR count). The van der Waals surface area contributed by atoms with Crippen LogP contribution in [0.1, 0.15) is 12.6 Å². The predicted octanol–water partition coefficient (Wildman–Crippen LogP) is 1.60. The van der Waals surface area contributed by atoms with E-state index in [0.717, 1.165) is 11.1 Å². The van der Waals surface area contributed by atoms with Gasteiger partial charge in [0.25, 0.3) is 0 Å². The second kappa shape index (κ2) is 5.60. The van der Waals surface area contributed by atoms with Gasteiger partial charge in [0.15, 0.2) is 0 Å². The first kappa shape index (κ1) is 10.1. The normalized spacial score (nSPS) is 8.57. The molecule has 14 heavy (non-hydrogen) atoms. The molecule has 0 spiro atoms. The molecule has 1 aromatic carbocycles. The van der Waals surface area contributed by atoms with E-state index in [4.69, 9.17) is 0 Å². The highest BCUT2D eigenvalue weighted by atomic mass is 16.1. The number of nitrogens with zero attached hydrogens (tertiary/aromatic N) is 2. The second-order valence-electron chi connectivity index (χ2n) is 2.63. The number of aliphatic imine (C=N–C) groups is 2. The van der Waals surface area contributed by atoms with E-state index in [0.29, 0.717) is 13.1 Å². The summed E-state index contributed by atoms with van der Waals surface area (Å²) in [4.78, 5) is 26.6. The van der Waals surface area contributed by atoms with Gasteiger partial charge in [0.1, 0.15) is 0 Å². The van der Waals surface area contributed by atoms with Crippen LogP contribution in [0, 0.1) is 0 Å². The Morgan fingerprint density at radius 3 is 1.57 bits per heavy atom. The van der Waals surface area contributed by atoms with Gasteiger partial charge in [-0.1, -0.05) is 24.3 Å². The highest BCUT2D eigenvalue weighted by Crippen LogP contribution is 2.06. The Morgan fingerprint density at radius 2 is 1.29 bits per heavy atom. The molecule has 72 valence electrons. The van der Waals surface area contributed by atoms with Crippen molar-refractivity contribution >= 4 is 12.2 Å². The maximum atomic E-state index is 9.84. The molecule has 0 saturated carbocycles. The highest BCUT2D eigenvalue weighted by Gasteiger charge is 1.92. The largest absolute Gasteiger partial charge is 0.235 e. The molecular weight excluding hydrogens is 180 g/mol. The lowest BCUT2D eigenvalue weighted by Gasteiger charge is -1.97. The summed E-state index contributed by atoms with van der Waals surface area (Å²) in [5, 5.41) is 0. The van der Waals surface area contributed by atoms with Crippen LogP contribution in [0.2, 0.25) is 0 Å². The van der Waals surface area contributed by atoms with Gasteiger partial charge in [-0.05, 0) is 11.1 Å². The van der Waals surface area contributed by atoms with Crippen molar-refractivity contribution < 1.29 is 11.0 Å². The fourth-order valence-corrected chi connectivity index (χ4v) is 0.997. The molecule has 1 aromatic rings. The third-order valence-corrected chi connectivity index (χ3v) is 1.68. The van der Waals surface area contributed by atoms with Crippen LogP contribution < -0.4 is 0 Å². The summed E-state index contributed by atoms with van der Waals surface area (Å²) in [7, 11) is 0. The van der Waals surface area contributed by atoms with Gasteiger partial charge in [-0.2, -0.15) is 0 Å². The zero-order valence-corrected chi connectivity index (χ0v) is 7.43. The summed E-state index contributed by atoms with van der Waals surface area (Å²) in [5.74, 6) is 0. The highest BCUT2D eigenvalue weighted by molar-refractivity contribution is 5.35.